The summed E-state index contributed by atoms with van der Waals surface area (Å²) in [6.07, 6.45) is 0.873. The van der Waals surface area contributed by atoms with Crippen LogP contribution in [0.3, 0.4) is 0 Å². The molecule has 0 bridgehead atoms. The van der Waals surface area contributed by atoms with E-state index in [9.17, 15) is 4.79 Å². The molecule has 0 aliphatic rings. The number of anilines is 1. The maximum absolute atomic E-state index is 13.4. The van der Waals surface area contributed by atoms with Gasteiger partial charge >= 0.3 is 0 Å². The summed E-state index contributed by atoms with van der Waals surface area (Å²) >= 11 is 1.54. The molecule has 0 saturated carbocycles. The number of nitrogens with zero attached hydrogens (tertiary/aromatic N) is 3. The minimum atomic E-state index is -0.0137. The number of hydrogen-bond donors (Lipinski definition) is 0. The Labute approximate surface area is 183 Å². The van der Waals surface area contributed by atoms with Gasteiger partial charge in [0, 0.05) is 18.2 Å². The van der Waals surface area contributed by atoms with Crippen molar-refractivity contribution in [3.63, 3.8) is 0 Å². The summed E-state index contributed by atoms with van der Waals surface area (Å²) in [5, 5.41) is 0.724. The number of benzene rings is 2. The SMILES string of the molecule is COc1ccc2sc(N(CCCN(C)C)C(=O)c3ccc(C(C)(C)C)cc3)nc2c1. The topological polar surface area (TPSA) is 45.7 Å². The molecule has 0 radical (unpaired) electrons. The van der Waals surface area contributed by atoms with Crippen molar-refractivity contribution in [2.75, 3.05) is 39.2 Å². The summed E-state index contributed by atoms with van der Waals surface area (Å²) < 4.78 is 6.36. The van der Waals surface area contributed by atoms with Crippen LogP contribution in [0.15, 0.2) is 42.5 Å². The Morgan fingerprint density at radius 3 is 2.37 bits per heavy atom. The van der Waals surface area contributed by atoms with E-state index in [0.29, 0.717) is 12.1 Å². The molecule has 1 aromatic heterocycles. The van der Waals surface area contributed by atoms with E-state index in [4.69, 9.17) is 9.72 Å². The Bertz CT molecular complexity index is 1000. The molecule has 5 nitrogen and oxygen atoms in total. The lowest BCUT2D eigenvalue weighted by atomic mass is 9.86. The lowest BCUT2D eigenvalue weighted by Gasteiger charge is -2.22. The van der Waals surface area contributed by atoms with Crippen LogP contribution in [0.5, 0.6) is 5.75 Å². The van der Waals surface area contributed by atoms with Crippen molar-refractivity contribution in [3.05, 3.63) is 53.6 Å². The summed E-state index contributed by atoms with van der Waals surface area (Å²) in [6.45, 7) is 8.05. The molecule has 2 aromatic carbocycles. The van der Waals surface area contributed by atoms with Gasteiger partial charge in [0.15, 0.2) is 5.13 Å². The maximum Gasteiger partial charge on any atom is 0.260 e. The van der Waals surface area contributed by atoms with E-state index in [1.165, 1.54) is 16.9 Å². The average molecular weight is 426 g/mol. The summed E-state index contributed by atoms with van der Waals surface area (Å²) in [5.74, 6) is 0.753. The summed E-state index contributed by atoms with van der Waals surface area (Å²) in [7, 11) is 5.73. The molecule has 0 aliphatic heterocycles. The van der Waals surface area contributed by atoms with Gasteiger partial charge in [-0.15, -0.1) is 0 Å². The zero-order chi connectivity index (χ0) is 21.9. The first kappa shape index (κ1) is 22.2. The summed E-state index contributed by atoms with van der Waals surface area (Å²) in [6, 6.07) is 13.8. The van der Waals surface area contributed by atoms with E-state index in [2.05, 4.69) is 37.8 Å². The van der Waals surface area contributed by atoms with Gasteiger partial charge in [-0.2, -0.15) is 0 Å². The smallest absolute Gasteiger partial charge is 0.260 e. The van der Waals surface area contributed by atoms with Gasteiger partial charge in [-0.05, 0) is 62.3 Å². The third kappa shape index (κ3) is 5.18. The first-order valence-corrected chi connectivity index (χ1v) is 11.0. The van der Waals surface area contributed by atoms with E-state index >= 15 is 0 Å². The molecule has 0 aliphatic carbocycles. The third-order valence-corrected chi connectivity index (χ3v) is 6.10. The van der Waals surface area contributed by atoms with Gasteiger partial charge in [0.25, 0.3) is 5.91 Å². The van der Waals surface area contributed by atoms with Crippen LogP contribution in [0.2, 0.25) is 0 Å². The molecule has 1 heterocycles. The zero-order valence-corrected chi connectivity index (χ0v) is 19.5. The summed E-state index contributed by atoms with van der Waals surface area (Å²) in [4.78, 5) is 22.1. The normalized spacial score (nSPS) is 11.8. The number of fused-ring (bicyclic) bond motifs is 1. The summed E-state index contributed by atoms with van der Waals surface area (Å²) in [5.41, 5.74) is 2.80. The highest BCUT2D eigenvalue weighted by Gasteiger charge is 2.22. The van der Waals surface area contributed by atoms with Crippen LogP contribution in [-0.4, -0.2) is 50.1 Å². The maximum atomic E-state index is 13.4. The quantitative estimate of drug-likeness (QED) is 0.522. The van der Waals surface area contributed by atoms with Gasteiger partial charge in [0.05, 0.1) is 17.3 Å². The predicted molar refractivity (Wildman–Crippen MR) is 126 cm³/mol. The Morgan fingerprint density at radius 2 is 1.77 bits per heavy atom. The molecule has 30 heavy (non-hydrogen) atoms. The molecule has 3 rings (SSSR count). The van der Waals surface area contributed by atoms with E-state index in [-0.39, 0.29) is 11.3 Å². The van der Waals surface area contributed by atoms with E-state index < -0.39 is 0 Å². The molecule has 3 aromatic rings. The van der Waals surface area contributed by atoms with Crippen LogP contribution >= 0.6 is 11.3 Å². The number of amides is 1. The first-order chi connectivity index (χ1) is 14.2. The minimum absolute atomic E-state index is 0.0137. The van der Waals surface area contributed by atoms with Crippen molar-refractivity contribution in [2.24, 2.45) is 0 Å². The van der Waals surface area contributed by atoms with Crippen molar-refractivity contribution in [3.8, 4) is 5.75 Å². The second kappa shape index (κ2) is 9.14. The minimum Gasteiger partial charge on any atom is -0.497 e. The van der Waals surface area contributed by atoms with Crippen molar-refractivity contribution in [2.45, 2.75) is 32.6 Å². The second-order valence-electron chi connectivity index (χ2n) is 8.77. The average Bonchev–Trinajstić information content (AvgIpc) is 3.12. The third-order valence-electron chi connectivity index (χ3n) is 5.04. The van der Waals surface area contributed by atoms with Crippen LogP contribution in [0.4, 0.5) is 5.13 Å². The number of hydrogen-bond acceptors (Lipinski definition) is 5. The van der Waals surface area contributed by atoms with Crippen molar-refractivity contribution < 1.29 is 9.53 Å². The zero-order valence-electron chi connectivity index (χ0n) is 18.7. The molecule has 0 spiro atoms. The lowest BCUT2D eigenvalue weighted by molar-refractivity contribution is 0.0986. The van der Waals surface area contributed by atoms with E-state index in [1.807, 2.05) is 49.3 Å². The molecule has 160 valence electrons. The van der Waals surface area contributed by atoms with Crippen LogP contribution in [-0.2, 0) is 5.41 Å². The number of carbonyl (C=O) groups excluding carboxylic acids is 1. The number of rotatable bonds is 7. The molecule has 1 amide bonds. The van der Waals surface area contributed by atoms with Crippen molar-refractivity contribution in [1.82, 2.24) is 9.88 Å². The fourth-order valence-corrected chi connectivity index (χ4v) is 4.21. The number of ether oxygens (including phenoxy) is 1. The largest absolute Gasteiger partial charge is 0.497 e. The Kier molecular flexibility index (Phi) is 6.78. The molecule has 0 fully saturated rings. The van der Waals surface area contributed by atoms with Gasteiger partial charge in [0.1, 0.15) is 5.75 Å². The van der Waals surface area contributed by atoms with Crippen LogP contribution in [0, 0.1) is 0 Å². The number of methoxy groups -OCH3 is 1. The van der Waals surface area contributed by atoms with Gasteiger partial charge in [0.2, 0.25) is 0 Å². The number of thiazole rings is 1. The predicted octanol–water partition coefficient (Wildman–Crippen LogP) is 5.20. The van der Waals surface area contributed by atoms with Crippen LogP contribution in [0.25, 0.3) is 10.2 Å². The molecule has 0 saturated heterocycles. The van der Waals surface area contributed by atoms with Crippen LogP contribution in [0.1, 0.15) is 43.1 Å². The molecular formula is C24H31N3O2S. The second-order valence-corrected chi connectivity index (χ2v) is 9.78. The Balaban J connectivity index is 1.92. The highest BCUT2D eigenvalue weighted by Crippen LogP contribution is 2.32. The molecule has 6 heteroatoms. The van der Waals surface area contributed by atoms with Gasteiger partial charge in [-0.1, -0.05) is 44.2 Å². The van der Waals surface area contributed by atoms with Crippen molar-refractivity contribution >= 4 is 32.6 Å². The van der Waals surface area contributed by atoms with Crippen LogP contribution < -0.4 is 9.64 Å². The standard InChI is InChI=1S/C24H31N3O2S/c1-24(2,3)18-10-8-17(9-11-18)22(28)27(15-7-14-26(4)5)23-25-20-16-19(29-6)12-13-21(20)30-23/h8-13,16H,7,14-15H2,1-6H3. The monoisotopic (exact) mass is 425 g/mol. The molecule has 0 N–H and O–H groups in total. The van der Waals surface area contributed by atoms with Gasteiger partial charge in [-0.3, -0.25) is 9.69 Å². The number of aromatic nitrogens is 1. The highest BCUT2D eigenvalue weighted by molar-refractivity contribution is 7.22. The molecule has 0 unspecified atom stereocenters. The van der Waals surface area contributed by atoms with E-state index in [0.717, 1.165) is 34.1 Å². The highest BCUT2D eigenvalue weighted by atomic mass is 32.1. The Morgan fingerprint density at radius 1 is 1.07 bits per heavy atom. The molecular weight excluding hydrogens is 394 g/mol. The van der Waals surface area contributed by atoms with Crippen molar-refractivity contribution in [1.29, 1.82) is 0 Å². The fraction of sp³-hybridized carbons (Fsp3) is 0.417. The fourth-order valence-electron chi connectivity index (χ4n) is 3.24. The van der Waals surface area contributed by atoms with Gasteiger partial charge < -0.3 is 9.64 Å². The van der Waals surface area contributed by atoms with Gasteiger partial charge in [-0.25, -0.2) is 4.98 Å². The molecule has 0 atom stereocenters. The Hall–Kier alpha value is -2.44. The number of carbonyl (C=O) groups is 1. The lowest BCUT2D eigenvalue weighted by Crippen LogP contribution is -2.33. The first-order valence-electron chi connectivity index (χ1n) is 10.2. The van der Waals surface area contributed by atoms with E-state index in [1.54, 1.807) is 7.11 Å².